The molecule has 14 heteroatoms. The van der Waals surface area contributed by atoms with Crippen LogP contribution in [0.2, 0.25) is 10.0 Å². The first kappa shape index (κ1) is 22.8. The fraction of sp³-hybridized carbons (Fsp3) is 0.133. The van der Waals surface area contributed by atoms with E-state index in [1.165, 1.54) is 0 Å². The Morgan fingerprint density at radius 3 is 2.24 bits per heavy atom. The van der Waals surface area contributed by atoms with E-state index < -0.39 is 28.0 Å². The summed E-state index contributed by atoms with van der Waals surface area (Å²) in [7, 11) is 0. The minimum Gasteiger partial charge on any atom is -0.388 e. The van der Waals surface area contributed by atoms with Crippen LogP contribution in [0.15, 0.2) is 28.5 Å². The van der Waals surface area contributed by atoms with Gasteiger partial charge in [-0.25, -0.2) is 14.7 Å². The number of nitrogens with two attached hydrogens (primary N) is 1. The van der Waals surface area contributed by atoms with Crippen molar-refractivity contribution in [3.8, 4) is 17.8 Å². The molecule has 0 aliphatic heterocycles. The first-order valence-corrected chi connectivity index (χ1v) is 8.78. The van der Waals surface area contributed by atoms with E-state index in [4.69, 9.17) is 62.7 Å². The van der Waals surface area contributed by atoms with Crippen LogP contribution in [0.1, 0.15) is 22.0 Å². The summed E-state index contributed by atoms with van der Waals surface area (Å²) in [4.78, 5) is 6.39. The van der Waals surface area contributed by atoms with E-state index >= 15 is 0 Å². The van der Waals surface area contributed by atoms with Crippen molar-refractivity contribution in [2.45, 2.75) is 11.0 Å². The third kappa shape index (κ3) is 5.11. The van der Waals surface area contributed by atoms with Crippen LogP contribution in [0.3, 0.4) is 0 Å². The summed E-state index contributed by atoms with van der Waals surface area (Å²) in [6.45, 7) is 0. The van der Waals surface area contributed by atoms with Crippen LogP contribution in [0.4, 0.5) is 13.2 Å². The van der Waals surface area contributed by atoms with Crippen LogP contribution in [0, 0.1) is 22.7 Å². The van der Waals surface area contributed by atoms with Gasteiger partial charge in [-0.2, -0.15) is 23.7 Å². The molecule has 7 nitrogen and oxygen atoms in total. The molecule has 0 aliphatic carbocycles. The molecule has 0 bridgehead atoms. The van der Waals surface area contributed by atoms with Gasteiger partial charge in [0, 0.05) is 0 Å². The number of alkyl halides is 5. The normalized spacial score (nSPS) is 12.8. The van der Waals surface area contributed by atoms with E-state index in [1.54, 1.807) is 12.1 Å². The highest BCUT2D eigenvalue weighted by Crippen LogP contribution is 2.38. The Labute approximate surface area is 181 Å². The topological polar surface area (TPSA) is 117 Å². The number of halogens is 7. The van der Waals surface area contributed by atoms with Crippen LogP contribution in [-0.2, 0) is 6.18 Å². The number of hydrogen-bond donors (Lipinski definition) is 1. The molecule has 0 spiro atoms. The van der Waals surface area contributed by atoms with Gasteiger partial charge in [-0.3, -0.25) is 0 Å². The van der Waals surface area contributed by atoms with Crippen molar-refractivity contribution in [3.63, 3.8) is 0 Å². The monoisotopic (exact) mass is 481 g/mol. The third-order valence-electron chi connectivity index (χ3n) is 3.19. The SMILES string of the molecule is N#C/C(N)=C(\C#N)N=Cc1nc(C(Cl)Cl)n(-c2c(Cl)cc(C(F)(F)F)cc2Cl)n1. The zero-order valence-corrected chi connectivity index (χ0v) is 16.7. The van der Waals surface area contributed by atoms with E-state index in [2.05, 4.69) is 15.1 Å². The molecule has 150 valence electrons. The summed E-state index contributed by atoms with van der Waals surface area (Å²) in [5, 5.41) is 20.8. The number of nitriles is 2. The van der Waals surface area contributed by atoms with Gasteiger partial charge in [0.15, 0.2) is 22.2 Å². The maximum atomic E-state index is 12.9. The van der Waals surface area contributed by atoms with Crippen LogP contribution in [0.5, 0.6) is 0 Å². The number of nitrogens with zero attached hydrogens (tertiary/aromatic N) is 6. The van der Waals surface area contributed by atoms with Gasteiger partial charge >= 0.3 is 6.18 Å². The van der Waals surface area contributed by atoms with E-state index in [1.807, 2.05) is 0 Å². The van der Waals surface area contributed by atoms with Crippen LogP contribution in [-0.4, -0.2) is 21.0 Å². The fourth-order valence-electron chi connectivity index (χ4n) is 1.97. The predicted molar refractivity (Wildman–Crippen MR) is 101 cm³/mol. The molecule has 1 aromatic heterocycles. The largest absolute Gasteiger partial charge is 0.416 e. The molecule has 0 radical (unpaired) electrons. The Hall–Kier alpha value is -2.50. The van der Waals surface area contributed by atoms with E-state index in [0.29, 0.717) is 12.1 Å². The van der Waals surface area contributed by atoms with Crippen molar-refractivity contribution >= 4 is 52.6 Å². The molecule has 0 saturated heterocycles. The van der Waals surface area contributed by atoms with Crippen molar-refractivity contribution < 1.29 is 13.2 Å². The maximum Gasteiger partial charge on any atom is 0.416 e. The van der Waals surface area contributed by atoms with Gasteiger partial charge in [0.25, 0.3) is 0 Å². The second-order valence-electron chi connectivity index (χ2n) is 5.07. The van der Waals surface area contributed by atoms with Gasteiger partial charge in [-0.1, -0.05) is 46.4 Å². The number of benzene rings is 1. The van der Waals surface area contributed by atoms with Crippen molar-refractivity contribution in [3.05, 3.63) is 50.8 Å². The van der Waals surface area contributed by atoms with Crippen molar-refractivity contribution in [2.75, 3.05) is 0 Å². The second-order valence-corrected chi connectivity index (χ2v) is 6.98. The molecule has 1 heterocycles. The molecule has 0 unspecified atom stereocenters. The lowest BCUT2D eigenvalue weighted by atomic mass is 10.2. The standard InChI is InChI=1S/C15H6Cl4F3N7/c16-7-1-6(15(20,21)22)2-8(17)12(7)29-14(13(18)19)27-11(28-29)5-26-10(4-24)9(25)3-23/h1-2,5,13H,25H2/b10-9-,26-5?. The first-order chi connectivity index (χ1) is 13.5. The Kier molecular flexibility index (Phi) is 6.98. The van der Waals surface area contributed by atoms with Crippen molar-refractivity contribution in [1.29, 1.82) is 10.5 Å². The van der Waals surface area contributed by atoms with Crippen molar-refractivity contribution in [2.24, 2.45) is 10.7 Å². The molecule has 0 amide bonds. The highest BCUT2D eigenvalue weighted by molar-refractivity contribution is 6.44. The third-order valence-corrected chi connectivity index (χ3v) is 4.16. The number of allylic oxidation sites excluding steroid dienone is 2. The molecule has 1 aromatic carbocycles. The molecular formula is C15H6Cl4F3N7. The Morgan fingerprint density at radius 2 is 1.79 bits per heavy atom. The Bertz CT molecular complexity index is 1070. The molecule has 2 rings (SSSR count). The van der Waals surface area contributed by atoms with Crippen molar-refractivity contribution in [1.82, 2.24) is 14.8 Å². The molecule has 2 N–H and O–H groups in total. The molecule has 0 aliphatic rings. The highest BCUT2D eigenvalue weighted by Gasteiger charge is 2.33. The molecule has 0 atom stereocenters. The summed E-state index contributed by atoms with van der Waals surface area (Å²) in [6, 6.07) is 4.47. The summed E-state index contributed by atoms with van der Waals surface area (Å²) < 4.78 is 39.7. The zero-order chi connectivity index (χ0) is 21.9. The predicted octanol–water partition coefficient (Wildman–Crippen LogP) is 4.71. The quantitative estimate of drug-likeness (QED) is 0.385. The second kappa shape index (κ2) is 8.89. The Morgan fingerprint density at radius 1 is 1.21 bits per heavy atom. The first-order valence-electron chi connectivity index (χ1n) is 7.15. The Balaban J connectivity index is 2.62. The lowest BCUT2D eigenvalue weighted by molar-refractivity contribution is -0.137. The lowest BCUT2D eigenvalue weighted by Gasteiger charge is -2.13. The van der Waals surface area contributed by atoms with Gasteiger partial charge in [-0.05, 0) is 12.1 Å². The van der Waals surface area contributed by atoms with Gasteiger partial charge < -0.3 is 5.73 Å². The molecular weight excluding hydrogens is 477 g/mol. The maximum absolute atomic E-state index is 12.9. The average molecular weight is 483 g/mol. The summed E-state index contributed by atoms with van der Waals surface area (Å²) in [6.07, 6.45) is -3.69. The van der Waals surface area contributed by atoms with E-state index in [-0.39, 0.29) is 27.4 Å². The zero-order valence-electron chi connectivity index (χ0n) is 13.7. The van der Waals surface area contributed by atoms with E-state index in [0.717, 1.165) is 10.9 Å². The average Bonchev–Trinajstić information content (AvgIpc) is 3.04. The molecule has 2 aromatic rings. The lowest BCUT2D eigenvalue weighted by Crippen LogP contribution is -2.09. The van der Waals surface area contributed by atoms with Crippen LogP contribution in [0.25, 0.3) is 5.69 Å². The number of rotatable bonds is 4. The van der Waals surface area contributed by atoms with Gasteiger partial charge in [0.1, 0.15) is 23.5 Å². The van der Waals surface area contributed by atoms with Gasteiger partial charge in [-0.15, -0.1) is 5.10 Å². The van der Waals surface area contributed by atoms with E-state index in [9.17, 15) is 13.2 Å². The van der Waals surface area contributed by atoms with Gasteiger partial charge in [0.2, 0.25) is 0 Å². The molecule has 0 saturated carbocycles. The summed E-state index contributed by atoms with van der Waals surface area (Å²) >= 11 is 23.7. The highest BCUT2D eigenvalue weighted by atomic mass is 35.5. The number of hydrogen-bond acceptors (Lipinski definition) is 6. The number of aliphatic imine (C=N–C) groups is 1. The number of aromatic nitrogens is 3. The molecule has 29 heavy (non-hydrogen) atoms. The van der Waals surface area contributed by atoms with Crippen LogP contribution >= 0.6 is 46.4 Å². The summed E-state index contributed by atoms with van der Waals surface area (Å²) in [5.41, 5.74) is 3.27. The minimum atomic E-state index is -4.67. The minimum absolute atomic E-state index is 0.130. The fourth-order valence-corrected chi connectivity index (χ4v) is 2.90. The smallest absolute Gasteiger partial charge is 0.388 e. The summed E-state index contributed by atoms with van der Waals surface area (Å²) in [5.74, 6) is -0.286. The van der Waals surface area contributed by atoms with Crippen LogP contribution < -0.4 is 5.73 Å². The van der Waals surface area contributed by atoms with Gasteiger partial charge in [0.05, 0.1) is 21.8 Å². The molecule has 0 fully saturated rings.